The largest absolute Gasteiger partial charge is 0.345 e. The van der Waals surface area contributed by atoms with Crippen molar-refractivity contribution in [1.82, 2.24) is 10.3 Å². The summed E-state index contributed by atoms with van der Waals surface area (Å²) >= 11 is 7.19. The lowest BCUT2D eigenvalue weighted by molar-refractivity contribution is -0.385. The summed E-state index contributed by atoms with van der Waals surface area (Å²) in [6.45, 7) is 6.39. The van der Waals surface area contributed by atoms with Gasteiger partial charge < -0.3 is 5.32 Å². The van der Waals surface area contributed by atoms with E-state index >= 15 is 0 Å². The number of hydrogen-bond donors (Lipinski definition) is 1. The second-order valence-electron chi connectivity index (χ2n) is 5.98. The Labute approximate surface area is 142 Å². The van der Waals surface area contributed by atoms with Gasteiger partial charge >= 0.3 is 0 Å². The lowest BCUT2D eigenvalue weighted by Gasteiger charge is -2.14. The van der Waals surface area contributed by atoms with Crippen LogP contribution in [0.1, 0.15) is 41.8 Å². The number of carbonyl (C=O) groups excluding carboxylic acids is 1. The molecule has 1 aromatic heterocycles. The highest BCUT2D eigenvalue weighted by Crippen LogP contribution is 2.25. The van der Waals surface area contributed by atoms with Crippen molar-refractivity contribution >= 4 is 34.5 Å². The molecule has 0 saturated carbocycles. The highest BCUT2D eigenvalue weighted by molar-refractivity contribution is 7.09. The molecule has 0 atom stereocenters. The van der Waals surface area contributed by atoms with Crippen LogP contribution in [0.25, 0.3) is 0 Å². The summed E-state index contributed by atoms with van der Waals surface area (Å²) in [5.41, 5.74) is 0.550. The van der Waals surface area contributed by atoms with E-state index in [2.05, 4.69) is 31.1 Å². The highest BCUT2D eigenvalue weighted by Gasteiger charge is 2.21. The molecule has 1 N–H and O–H groups in total. The zero-order valence-corrected chi connectivity index (χ0v) is 14.5. The molecule has 0 radical (unpaired) electrons. The average molecular weight is 354 g/mol. The van der Waals surface area contributed by atoms with Gasteiger partial charge in [0.2, 0.25) is 0 Å². The zero-order chi connectivity index (χ0) is 17.2. The fourth-order valence-electron chi connectivity index (χ4n) is 1.84. The summed E-state index contributed by atoms with van der Waals surface area (Å²) in [5.74, 6) is -0.527. The molecular weight excluding hydrogens is 338 g/mol. The topological polar surface area (TPSA) is 85.1 Å². The van der Waals surface area contributed by atoms with E-state index in [0.717, 1.165) is 16.8 Å². The van der Waals surface area contributed by atoms with E-state index < -0.39 is 10.8 Å². The number of hydrogen-bond acceptors (Lipinski definition) is 5. The SMILES string of the molecule is CC(C)(C)c1csc(CNC(=O)c2ccc(Cl)cc2[N+](=O)[O-])n1. The van der Waals surface area contributed by atoms with Crippen LogP contribution in [0.4, 0.5) is 5.69 Å². The van der Waals surface area contributed by atoms with E-state index in [1.165, 1.54) is 23.5 Å². The second kappa shape index (κ2) is 6.64. The molecule has 1 aromatic carbocycles. The minimum absolute atomic E-state index is 0.0213. The van der Waals surface area contributed by atoms with E-state index in [0.29, 0.717) is 0 Å². The maximum absolute atomic E-state index is 12.2. The summed E-state index contributed by atoms with van der Waals surface area (Å²) in [6, 6.07) is 3.96. The van der Waals surface area contributed by atoms with Gasteiger partial charge in [0, 0.05) is 21.9 Å². The van der Waals surface area contributed by atoms with E-state index in [1.807, 2.05) is 5.38 Å². The number of halogens is 1. The number of nitrogens with one attached hydrogen (secondary N) is 1. The number of aromatic nitrogens is 1. The van der Waals surface area contributed by atoms with E-state index in [-0.39, 0.29) is 28.2 Å². The second-order valence-corrected chi connectivity index (χ2v) is 7.36. The Hall–Kier alpha value is -1.99. The molecule has 23 heavy (non-hydrogen) atoms. The van der Waals surface area contributed by atoms with Crippen molar-refractivity contribution in [3.8, 4) is 0 Å². The smallest absolute Gasteiger partial charge is 0.283 e. The molecule has 0 spiro atoms. The first-order valence-electron chi connectivity index (χ1n) is 6.85. The van der Waals surface area contributed by atoms with Gasteiger partial charge in [0.1, 0.15) is 10.6 Å². The Bertz CT molecular complexity index is 753. The van der Waals surface area contributed by atoms with Crippen LogP contribution in [-0.4, -0.2) is 15.8 Å². The molecule has 6 nitrogen and oxygen atoms in total. The molecule has 0 aliphatic rings. The predicted octanol–water partition coefficient (Wildman–Crippen LogP) is 3.93. The monoisotopic (exact) mass is 353 g/mol. The van der Waals surface area contributed by atoms with Crippen molar-refractivity contribution in [2.45, 2.75) is 32.7 Å². The van der Waals surface area contributed by atoms with Gasteiger partial charge in [0.15, 0.2) is 0 Å². The quantitative estimate of drug-likeness (QED) is 0.666. The van der Waals surface area contributed by atoms with Crippen molar-refractivity contribution in [2.24, 2.45) is 0 Å². The Balaban J connectivity index is 2.11. The molecule has 0 bridgehead atoms. The third-order valence-electron chi connectivity index (χ3n) is 3.12. The minimum Gasteiger partial charge on any atom is -0.345 e. The summed E-state index contributed by atoms with van der Waals surface area (Å²) in [6.07, 6.45) is 0. The van der Waals surface area contributed by atoms with Crippen LogP contribution in [0.15, 0.2) is 23.6 Å². The van der Waals surface area contributed by atoms with Crippen LogP contribution in [0.3, 0.4) is 0 Å². The summed E-state index contributed by atoms with van der Waals surface area (Å²) in [7, 11) is 0. The van der Waals surface area contributed by atoms with Crippen molar-refractivity contribution in [3.63, 3.8) is 0 Å². The molecule has 0 fully saturated rings. The van der Waals surface area contributed by atoms with Gasteiger partial charge in [-0.25, -0.2) is 4.98 Å². The number of nitrogens with zero attached hydrogens (tertiary/aromatic N) is 2. The summed E-state index contributed by atoms with van der Waals surface area (Å²) in [4.78, 5) is 27.0. The molecule has 122 valence electrons. The van der Waals surface area contributed by atoms with Crippen molar-refractivity contribution in [1.29, 1.82) is 0 Å². The normalized spacial score (nSPS) is 11.3. The van der Waals surface area contributed by atoms with Crippen LogP contribution in [0.5, 0.6) is 0 Å². The fraction of sp³-hybridized carbons (Fsp3) is 0.333. The van der Waals surface area contributed by atoms with E-state index in [1.54, 1.807) is 0 Å². The van der Waals surface area contributed by atoms with Gasteiger partial charge in [-0.1, -0.05) is 32.4 Å². The maximum Gasteiger partial charge on any atom is 0.283 e. The number of nitro benzene ring substituents is 1. The summed E-state index contributed by atoms with van der Waals surface area (Å²) in [5, 5.41) is 16.6. The third kappa shape index (κ3) is 4.27. The average Bonchev–Trinajstić information content (AvgIpc) is 2.93. The number of carbonyl (C=O) groups is 1. The van der Waals surface area contributed by atoms with Gasteiger partial charge in [-0.05, 0) is 12.1 Å². The first-order chi connectivity index (χ1) is 10.7. The standard InChI is InChI=1S/C15H16ClN3O3S/c1-15(2,3)12-8-23-13(18-12)7-17-14(20)10-5-4-9(16)6-11(10)19(21)22/h4-6,8H,7H2,1-3H3,(H,17,20). The Morgan fingerprint density at radius 3 is 2.70 bits per heavy atom. The van der Waals surface area contributed by atoms with Crippen molar-refractivity contribution in [2.75, 3.05) is 0 Å². The molecule has 0 aliphatic heterocycles. The number of thiazole rings is 1. The zero-order valence-electron chi connectivity index (χ0n) is 12.9. The maximum atomic E-state index is 12.2. The van der Waals surface area contributed by atoms with Gasteiger partial charge in [-0.3, -0.25) is 14.9 Å². The Morgan fingerprint density at radius 2 is 2.13 bits per heavy atom. The first kappa shape index (κ1) is 17.4. The van der Waals surface area contributed by atoms with Crippen LogP contribution in [-0.2, 0) is 12.0 Å². The lowest BCUT2D eigenvalue weighted by atomic mass is 9.93. The van der Waals surface area contributed by atoms with Gasteiger partial charge in [0.25, 0.3) is 11.6 Å². The molecular formula is C15H16ClN3O3S. The van der Waals surface area contributed by atoms with E-state index in [4.69, 9.17) is 11.6 Å². The molecule has 2 rings (SSSR count). The molecule has 1 heterocycles. The first-order valence-corrected chi connectivity index (χ1v) is 8.11. The van der Waals surface area contributed by atoms with Crippen molar-refractivity contribution in [3.05, 3.63) is 55.0 Å². The number of rotatable bonds is 4. The van der Waals surface area contributed by atoms with E-state index in [9.17, 15) is 14.9 Å². The van der Waals surface area contributed by atoms with Crippen LogP contribution in [0.2, 0.25) is 5.02 Å². The number of amides is 1. The molecule has 8 heteroatoms. The van der Waals surface area contributed by atoms with Crippen LogP contribution < -0.4 is 5.32 Å². The molecule has 0 aliphatic carbocycles. The highest BCUT2D eigenvalue weighted by atomic mass is 35.5. The Kier molecular flexibility index (Phi) is 5.01. The molecule has 2 aromatic rings. The van der Waals surface area contributed by atoms with Gasteiger partial charge in [-0.2, -0.15) is 0 Å². The van der Waals surface area contributed by atoms with Crippen LogP contribution in [0, 0.1) is 10.1 Å². The predicted molar refractivity (Wildman–Crippen MR) is 90.1 cm³/mol. The lowest BCUT2D eigenvalue weighted by Crippen LogP contribution is -2.23. The number of benzene rings is 1. The summed E-state index contributed by atoms with van der Waals surface area (Å²) < 4.78 is 0. The number of nitro groups is 1. The third-order valence-corrected chi connectivity index (χ3v) is 4.21. The van der Waals surface area contributed by atoms with Crippen molar-refractivity contribution < 1.29 is 9.72 Å². The fourth-order valence-corrected chi connectivity index (χ4v) is 2.96. The van der Waals surface area contributed by atoms with Gasteiger partial charge in [-0.15, -0.1) is 11.3 Å². The minimum atomic E-state index is -0.623. The van der Waals surface area contributed by atoms with Gasteiger partial charge in [0.05, 0.1) is 17.2 Å². The molecule has 0 unspecified atom stereocenters. The molecule has 1 amide bonds. The Morgan fingerprint density at radius 1 is 1.43 bits per heavy atom. The molecule has 0 saturated heterocycles. The van der Waals surface area contributed by atoms with Crippen LogP contribution >= 0.6 is 22.9 Å².